The number of hydrogen-bond donors (Lipinski definition) is 4. The van der Waals surface area contributed by atoms with Gasteiger partial charge in [0.15, 0.2) is 11.6 Å². The SMILES string of the molecule is Cc1cc(Nc2cc(C3CC3)[nH]n2)nc(NCC(=O)C=C(N)C(C)C)n1. The zero-order valence-electron chi connectivity index (χ0n) is 15.3. The number of allylic oxidation sites excluding steroid dienone is 1. The van der Waals surface area contributed by atoms with Gasteiger partial charge in [-0.2, -0.15) is 10.1 Å². The van der Waals surface area contributed by atoms with E-state index in [1.54, 1.807) is 0 Å². The fourth-order valence-electron chi connectivity index (χ4n) is 2.42. The Morgan fingerprint density at radius 2 is 2.12 bits per heavy atom. The quantitative estimate of drug-likeness (QED) is 0.537. The summed E-state index contributed by atoms with van der Waals surface area (Å²) in [7, 11) is 0. The van der Waals surface area contributed by atoms with Gasteiger partial charge in [0, 0.05) is 41.2 Å². The Labute approximate surface area is 152 Å². The first-order valence-electron chi connectivity index (χ1n) is 8.82. The molecule has 0 aliphatic heterocycles. The van der Waals surface area contributed by atoms with Gasteiger partial charge in [-0.1, -0.05) is 13.8 Å². The van der Waals surface area contributed by atoms with E-state index in [1.807, 2.05) is 32.9 Å². The number of ketones is 1. The Kier molecular flexibility index (Phi) is 5.20. The average Bonchev–Trinajstić information content (AvgIpc) is 3.32. The van der Waals surface area contributed by atoms with E-state index >= 15 is 0 Å². The minimum Gasteiger partial charge on any atom is -0.402 e. The first kappa shape index (κ1) is 17.9. The minimum absolute atomic E-state index is 0.0878. The summed E-state index contributed by atoms with van der Waals surface area (Å²) < 4.78 is 0. The molecule has 2 heterocycles. The molecule has 8 heteroatoms. The van der Waals surface area contributed by atoms with Crippen LogP contribution in [0.25, 0.3) is 0 Å². The Morgan fingerprint density at radius 3 is 2.81 bits per heavy atom. The molecule has 1 aliphatic carbocycles. The average molecular weight is 355 g/mol. The molecule has 8 nitrogen and oxygen atoms in total. The monoisotopic (exact) mass is 355 g/mol. The zero-order valence-corrected chi connectivity index (χ0v) is 15.3. The van der Waals surface area contributed by atoms with Crippen molar-refractivity contribution in [3.05, 3.63) is 35.3 Å². The number of carbonyl (C=O) groups excluding carboxylic acids is 1. The number of nitrogens with two attached hydrogens (primary N) is 1. The molecule has 1 saturated carbocycles. The van der Waals surface area contributed by atoms with E-state index in [-0.39, 0.29) is 18.2 Å². The van der Waals surface area contributed by atoms with Gasteiger partial charge in [-0.05, 0) is 25.7 Å². The Morgan fingerprint density at radius 1 is 1.35 bits per heavy atom. The summed E-state index contributed by atoms with van der Waals surface area (Å²) in [4.78, 5) is 20.7. The van der Waals surface area contributed by atoms with Crippen molar-refractivity contribution < 1.29 is 4.79 Å². The smallest absolute Gasteiger partial charge is 0.225 e. The van der Waals surface area contributed by atoms with Crippen LogP contribution < -0.4 is 16.4 Å². The molecular weight excluding hydrogens is 330 g/mol. The van der Waals surface area contributed by atoms with Crippen LogP contribution in [-0.2, 0) is 4.79 Å². The van der Waals surface area contributed by atoms with E-state index in [4.69, 9.17) is 5.73 Å². The van der Waals surface area contributed by atoms with Gasteiger partial charge in [0.1, 0.15) is 5.82 Å². The molecule has 1 fully saturated rings. The molecule has 0 bridgehead atoms. The van der Waals surface area contributed by atoms with E-state index in [9.17, 15) is 4.79 Å². The second-order valence-corrected chi connectivity index (χ2v) is 6.94. The Balaban J connectivity index is 1.63. The normalized spacial score (nSPS) is 14.5. The van der Waals surface area contributed by atoms with Crippen LogP contribution in [0.1, 0.15) is 44.0 Å². The van der Waals surface area contributed by atoms with Crippen molar-refractivity contribution in [3.63, 3.8) is 0 Å². The summed E-state index contributed by atoms with van der Waals surface area (Å²) >= 11 is 0. The van der Waals surface area contributed by atoms with Crippen molar-refractivity contribution in [1.82, 2.24) is 20.2 Å². The van der Waals surface area contributed by atoms with E-state index in [0.717, 1.165) is 17.2 Å². The summed E-state index contributed by atoms with van der Waals surface area (Å²) in [5, 5.41) is 13.4. The number of H-pyrrole nitrogens is 1. The van der Waals surface area contributed by atoms with Crippen LogP contribution in [0.4, 0.5) is 17.6 Å². The van der Waals surface area contributed by atoms with Crippen LogP contribution in [0.5, 0.6) is 0 Å². The lowest BCUT2D eigenvalue weighted by Gasteiger charge is -2.08. The van der Waals surface area contributed by atoms with Gasteiger partial charge in [0.25, 0.3) is 0 Å². The Bertz CT molecular complexity index is 821. The molecule has 2 aromatic rings. The molecule has 0 aromatic carbocycles. The van der Waals surface area contributed by atoms with Crippen LogP contribution in [-0.4, -0.2) is 32.5 Å². The van der Waals surface area contributed by atoms with Crippen LogP contribution in [0.2, 0.25) is 0 Å². The molecule has 0 amide bonds. The molecule has 2 aromatic heterocycles. The highest BCUT2D eigenvalue weighted by Crippen LogP contribution is 2.39. The highest BCUT2D eigenvalue weighted by Gasteiger charge is 2.25. The van der Waals surface area contributed by atoms with Crippen molar-refractivity contribution >= 4 is 23.4 Å². The molecule has 0 radical (unpaired) electrons. The minimum atomic E-state index is -0.114. The zero-order chi connectivity index (χ0) is 18.7. The second-order valence-electron chi connectivity index (χ2n) is 6.94. The summed E-state index contributed by atoms with van der Waals surface area (Å²) in [6.07, 6.45) is 3.88. The first-order chi connectivity index (χ1) is 12.4. The molecule has 1 aliphatic rings. The van der Waals surface area contributed by atoms with Crippen molar-refractivity contribution in [2.24, 2.45) is 11.7 Å². The second kappa shape index (κ2) is 7.55. The van der Waals surface area contributed by atoms with Gasteiger partial charge in [0.05, 0.1) is 6.54 Å². The maximum Gasteiger partial charge on any atom is 0.225 e. The first-order valence-corrected chi connectivity index (χ1v) is 8.82. The van der Waals surface area contributed by atoms with Gasteiger partial charge in [-0.3, -0.25) is 9.89 Å². The fraction of sp³-hybridized carbons (Fsp3) is 0.444. The molecule has 138 valence electrons. The molecule has 0 spiro atoms. The number of nitrogens with one attached hydrogen (secondary N) is 3. The number of aryl methyl sites for hydroxylation is 1. The number of rotatable bonds is 8. The molecule has 3 rings (SSSR count). The van der Waals surface area contributed by atoms with Crippen molar-refractivity contribution in [1.29, 1.82) is 0 Å². The van der Waals surface area contributed by atoms with Crippen molar-refractivity contribution in [3.8, 4) is 0 Å². The lowest BCUT2D eigenvalue weighted by molar-refractivity contribution is -0.113. The highest BCUT2D eigenvalue weighted by atomic mass is 16.1. The Hall–Kier alpha value is -2.90. The topological polar surface area (TPSA) is 122 Å². The van der Waals surface area contributed by atoms with E-state index in [1.165, 1.54) is 18.9 Å². The predicted molar refractivity (Wildman–Crippen MR) is 101 cm³/mol. The van der Waals surface area contributed by atoms with Crippen LogP contribution in [0.3, 0.4) is 0 Å². The van der Waals surface area contributed by atoms with Crippen molar-refractivity contribution in [2.75, 3.05) is 17.2 Å². The van der Waals surface area contributed by atoms with E-state index in [2.05, 4.69) is 30.8 Å². The largest absolute Gasteiger partial charge is 0.402 e. The summed E-state index contributed by atoms with van der Waals surface area (Å²) in [6.45, 7) is 5.84. The van der Waals surface area contributed by atoms with Crippen LogP contribution >= 0.6 is 0 Å². The number of nitrogens with zero attached hydrogens (tertiary/aromatic N) is 3. The predicted octanol–water partition coefficient (Wildman–Crippen LogP) is 2.61. The molecule has 0 atom stereocenters. The molecule has 26 heavy (non-hydrogen) atoms. The fourth-order valence-corrected chi connectivity index (χ4v) is 2.42. The van der Waals surface area contributed by atoms with Gasteiger partial charge in [-0.15, -0.1) is 0 Å². The number of carbonyl (C=O) groups is 1. The molecular formula is C18H25N7O. The number of hydrogen-bond acceptors (Lipinski definition) is 7. The maximum atomic E-state index is 12.0. The number of aromatic amines is 1. The van der Waals surface area contributed by atoms with Gasteiger partial charge >= 0.3 is 0 Å². The van der Waals surface area contributed by atoms with Crippen LogP contribution in [0.15, 0.2) is 23.9 Å². The van der Waals surface area contributed by atoms with Gasteiger partial charge in [0.2, 0.25) is 5.95 Å². The molecule has 0 unspecified atom stereocenters. The summed E-state index contributed by atoms with van der Waals surface area (Å²) in [6, 6.07) is 3.83. The maximum absolute atomic E-state index is 12.0. The summed E-state index contributed by atoms with van der Waals surface area (Å²) in [5.41, 5.74) is 8.31. The number of anilines is 3. The van der Waals surface area contributed by atoms with Gasteiger partial charge < -0.3 is 16.4 Å². The highest BCUT2D eigenvalue weighted by molar-refractivity contribution is 5.93. The standard InChI is InChI=1S/C18H25N7O/c1-10(2)14(19)7-13(26)9-20-18-21-11(3)6-16(23-18)22-17-8-15(24-25-17)12-4-5-12/h6-8,10,12H,4-5,9,19H2,1-3H3,(H3,20,21,22,23,24,25). The third-order valence-electron chi connectivity index (χ3n) is 4.14. The number of aromatic nitrogens is 4. The molecule has 5 N–H and O–H groups in total. The third-order valence-corrected chi connectivity index (χ3v) is 4.14. The third kappa shape index (κ3) is 4.81. The van der Waals surface area contributed by atoms with Crippen LogP contribution in [0, 0.1) is 12.8 Å². The lowest BCUT2D eigenvalue weighted by Crippen LogP contribution is -2.17. The molecule has 0 saturated heterocycles. The lowest BCUT2D eigenvalue weighted by atomic mass is 10.1. The summed E-state index contributed by atoms with van der Waals surface area (Å²) in [5.74, 6) is 2.37. The van der Waals surface area contributed by atoms with Gasteiger partial charge in [-0.25, -0.2) is 4.98 Å². The van der Waals surface area contributed by atoms with E-state index in [0.29, 0.717) is 23.4 Å². The van der Waals surface area contributed by atoms with Crippen molar-refractivity contribution in [2.45, 2.75) is 39.5 Å². The van der Waals surface area contributed by atoms with E-state index < -0.39 is 0 Å².